The van der Waals surface area contributed by atoms with Gasteiger partial charge in [0, 0.05) is 37.0 Å². The Hall–Kier alpha value is -0.980. The van der Waals surface area contributed by atoms with E-state index >= 15 is 0 Å². The van der Waals surface area contributed by atoms with Crippen LogP contribution < -0.4 is 0 Å². The van der Waals surface area contributed by atoms with Crippen LogP contribution in [0.2, 0.25) is 0 Å². The van der Waals surface area contributed by atoms with Gasteiger partial charge in [-0.15, -0.1) is 11.3 Å². The maximum absolute atomic E-state index is 12.6. The normalized spacial score (nSPS) is 24.7. The Morgan fingerprint density at radius 2 is 2.17 bits per heavy atom. The van der Waals surface area contributed by atoms with Gasteiger partial charge in [0.15, 0.2) is 0 Å². The monoisotopic (exact) mass is 337 g/mol. The summed E-state index contributed by atoms with van der Waals surface area (Å²) in [4.78, 5) is 22.8. The number of methoxy groups -OCH3 is 1. The van der Waals surface area contributed by atoms with Gasteiger partial charge in [0.2, 0.25) is 5.91 Å². The van der Waals surface area contributed by atoms with Crippen LogP contribution in [0.15, 0.2) is 5.51 Å². The molecule has 2 saturated heterocycles. The lowest BCUT2D eigenvalue weighted by Gasteiger charge is -2.41. The molecule has 1 amide bonds. The third-order valence-corrected chi connectivity index (χ3v) is 6.55. The van der Waals surface area contributed by atoms with Crippen molar-refractivity contribution in [2.45, 2.75) is 33.2 Å². The van der Waals surface area contributed by atoms with E-state index in [1.54, 1.807) is 18.4 Å². The first kappa shape index (κ1) is 16.9. The van der Waals surface area contributed by atoms with Crippen molar-refractivity contribution in [3.8, 4) is 0 Å². The van der Waals surface area contributed by atoms with Crippen LogP contribution in [0.4, 0.5) is 0 Å². The van der Waals surface area contributed by atoms with Crippen LogP contribution in [-0.2, 0) is 16.1 Å². The highest BCUT2D eigenvalue weighted by molar-refractivity contribution is 7.09. The second kappa shape index (κ2) is 6.87. The Morgan fingerprint density at radius 3 is 2.74 bits per heavy atom. The van der Waals surface area contributed by atoms with Crippen molar-refractivity contribution in [1.29, 1.82) is 0 Å². The first-order valence-electron chi connectivity index (χ1n) is 8.48. The SMILES string of the molecule is CCN1CC2(CCN(Cc3scnc3C)CC2)[C@H](COC)C1=O. The molecule has 1 aromatic rings. The third kappa shape index (κ3) is 3.16. The molecule has 1 aromatic heterocycles. The topological polar surface area (TPSA) is 45.7 Å². The number of hydrogen-bond donors (Lipinski definition) is 0. The number of thiazole rings is 1. The molecule has 1 spiro atoms. The average molecular weight is 337 g/mol. The number of amides is 1. The maximum atomic E-state index is 12.6. The minimum Gasteiger partial charge on any atom is -0.384 e. The Morgan fingerprint density at radius 1 is 1.43 bits per heavy atom. The van der Waals surface area contributed by atoms with Gasteiger partial charge in [0.25, 0.3) is 0 Å². The van der Waals surface area contributed by atoms with Crippen LogP contribution in [0, 0.1) is 18.3 Å². The molecule has 0 aromatic carbocycles. The standard InChI is InChI=1S/C17H27N3O2S/c1-4-20-11-17(14(10-22-3)16(20)21)5-7-19(8-6-17)9-15-13(2)18-12-23-15/h12,14H,4-11H2,1-3H3/t14-/m1/s1. The van der Waals surface area contributed by atoms with Crippen LogP contribution in [0.1, 0.15) is 30.3 Å². The van der Waals surface area contributed by atoms with Gasteiger partial charge >= 0.3 is 0 Å². The van der Waals surface area contributed by atoms with E-state index in [1.807, 2.05) is 10.4 Å². The number of carbonyl (C=O) groups excluding carboxylic acids is 1. The van der Waals surface area contributed by atoms with Crippen LogP contribution in [0.3, 0.4) is 0 Å². The van der Waals surface area contributed by atoms with Crippen LogP contribution >= 0.6 is 11.3 Å². The van der Waals surface area contributed by atoms with E-state index < -0.39 is 0 Å². The van der Waals surface area contributed by atoms with E-state index in [0.717, 1.165) is 51.3 Å². The van der Waals surface area contributed by atoms with Crippen LogP contribution in [0.25, 0.3) is 0 Å². The van der Waals surface area contributed by atoms with Gasteiger partial charge in [-0.1, -0.05) is 0 Å². The van der Waals surface area contributed by atoms with E-state index in [4.69, 9.17) is 4.74 Å². The van der Waals surface area contributed by atoms with Crippen molar-refractivity contribution in [3.63, 3.8) is 0 Å². The highest BCUT2D eigenvalue weighted by Crippen LogP contribution is 2.45. The average Bonchev–Trinajstić information content (AvgIpc) is 3.06. The zero-order valence-corrected chi connectivity index (χ0v) is 15.2. The van der Waals surface area contributed by atoms with Gasteiger partial charge in [0.05, 0.1) is 23.7 Å². The molecular formula is C17H27N3O2S. The Balaban J connectivity index is 1.66. The number of rotatable bonds is 5. The van der Waals surface area contributed by atoms with Crippen LogP contribution in [0.5, 0.6) is 0 Å². The number of carbonyl (C=O) groups is 1. The second-order valence-electron chi connectivity index (χ2n) is 6.86. The van der Waals surface area contributed by atoms with E-state index in [9.17, 15) is 4.79 Å². The lowest BCUT2D eigenvalue weighted by atomic mass is 9.71. The largest absolute Gasteiger partial charge is 0.384 e. The van der Waals surface area contributed by atoms with Gasteiger partial charge in [-0.25, -0.2) is 4.98 Å². The van der Waals surface area contributed by atoms with Crippen molar-refractivity contribution in [3.05, 3.63) is 16.1 Å². The molecule has 3 heterocycles. The summed E-state index contributed by atoms with van der Waals surface area (Å²) in [7, 11) is 1.71. The van der Waals surface area contributed by atoms with Crippen molar-refractivity contribution in [2.75, 3.05) is 39.9 Å². The van der Waals surface area contributed by atoms with E-state index in [0.29, 0.717) is 12.5 Å². The van der Waals surface area contributed by atoms with Gasteiger partial charge in [-0.05, 0) is 39.8 Å². The van der Waals surface area contributed by atoms with Crippen molar-refractivity contribution in [1.82, 2.24) is 14.8 Å². The molecule has 0 unspecified atom stereocenters. The Bertz CT molecular complexity index is 552. The Labute approximate surface area is 142 Å². The number of ether oxygens (including phenoxy) is 1. The summed E-state index contributed by atoms with van der Waals surface area (Å²) in [6.45, 7) is 9.54. The molecule has 5 nitrogen and oxygen atoms in total. The van der Waals surface area contributed by atoms with Crippen molar-refractivity contribution in [2.24, 2.45) is 11.3 Å². The summed E-state index contributed by atoms with van der Waals surface area (Å²) in [5.41, 5.74) is 3.20. The summed E-state index contributed by atoms with van der Waals surface area (Å²) < 4.78 is 5.38. The third-order valence-electron chi connectivity index (χ3n) is 5.63. The molecule has 0 aliphatic carbocycles. The molecule has 0 saturated carbocycles. The van der Waals surface area contributed by atoms with Crippen LogP contribution in [-0.4, -0.2) is 60.6 Å². The summed E-state index contributed by atoms with van der Waals surface area (Å²) >= 11 is 1.74. The molecule has 23 heavy (non-hydrogen) atoms. The fourth-order valence-corrected chi connectivity index (χ4v) is 4.90. The number of likely N-dealkylation sites (tertiary alicyclic amines) is 2. The predicted molar refractivity (Wildman–Crippen MR) is 91.4 cm³/mol. The molecule has 6 heteroatoms. The summed E-state index contributed by atoms with van der Waals surface area (Å²) in [5, 5.41) is 0. The van der Waals surface area contributed by atoms with Gasteiger partial charge in [0.1, 0.15) is 0 Å². The minimum atomic E-state index is 0.0414. The smallest absolute Gasteiger partial charge is 0.228 e. The molecule has 2 aliphatic rings. The molecular weight excluding hydrogens is 310 g/mol. The lowest BCUT2D eigenvalue weighted by Crippen LogP contribution is -2.45. The van der Waals surface area contributed by atoms with E-state index in [1.165, 1.54) is 4.88 Å². The quantitative estimate of drug-likeness (QED) is 0.826. The summed E-state index contributed by atoms with van der Waals surface area (Å²) in [6, 6.07) is 0. The molecule has 0 bridgehead atoms. The summed E-state index contributed by atoms with van der Waals surface area (Å²) in [6.07, 6.45) is 2.17. The molecule has 2 fully saturated rings. The zero-order chi connectivity index (χ0) is 16.4. The first-order chi connectivity index (χ1) is 11.1. The maximum Gasteiger partial charge on any atom is 0.228 e. The fraction of sp³-hybridized carbons (Fsp3) is 0.765. The van der Waals surface area contributed by atoms with Gasteiger partial charge in [-0.2, -0.15) is 0 Å². The number of hydrogen-bond acceptors (Lipinski definition) is 5. The molecule has 3 rings (SSSR count). The first-order valence-corrected chi connectivity index (χ1v) is 9.36. The van der Waals surface area contributed by atoms with E-state index in [2.05, 4.69) is 23.7 Å². The van der Waals surface area contributed by atoms with Gasteiger partial charge in [-0.3, -0.25) is 9.69 Å². The molecule has 0 radical (unpaired) electrons. The molecule has 0 N–H and O–H groups in total. The van der Waals surface area contributed by atoms with Crippen molar-refractivity contribution >= 4 is 17.2 Å². The lowest BCUT2D eigenvalue weighted by molar-refractivity contribution is -0.133. The molecule has 2 aliphatic heterocycles. The second-order valence-corrected chi connectivity index (χ2v) is 7.80. The number of piperidine rings is 1. The highest BCUT2D eigenvalue weighted by Gasteiger charge is 2.52. The number of nitrogens with zero attached hydrogens (tertiary/aromatic N) is 3. The number of aryl methyl sites for hydroxylation is 1. The Kier molecular flexibility index (Phi) is 5.04. The number of aromatic nitrogens is 1. The minimum absolute atomic E-state index is 0.0414. The molecule has 128 valence electrons. The van der Waals surface area contributed by atoms with Gasteiger partial charge < -0.3 is 9.64 Å². The zero-order valence-electron chi connectivity index (χ0n) is 14.4. The van der Waals surface area contributed by atoms with E-state index in [-0.39, 0.29) is 11.3 Å². The molecule has 1 atom stereocenters. The summed E-state index contributed by atoms with van der Waals surface area (Å²) in [5.74, 6) is 0.334. The predicted octanol–water partition coefficient (Wildman–Crippen LogP) is 2.16. The fourth-order valence-electron chi connectivity index (χ4n) is 4.08. The van der Waals surface area contributed by atoms with Crippen molar-refractivity contribution < 1.29 is 9.53 Å². The highest BCUT2D eigenvalue weighted by atomic mass is 32.1.